The van der Waals surface area contributed by atoms with Crippen molar-refractivity contribution in [1.82, 2.24) is 9.97 Å². The third-order valence-corrected chi connectivity index (χ3v) is 3.69. The predicted molar refractivity (Wildman–Crippen MR) is 107 cm³/mol. The van der Waals surface area contributed by atoms with E-state index in [1.807, 2.05) is 38.1 Å². The first kappa shape index (κ1) is 18.7. The molecule has 1 aromatic heterocycles. The summed E-state index contributed by atoms with van der Waals surface area (Å²) in [6.07, 6.45) is 1.64. The number of amides is 1. The number of nitrogens with zero attached hydrogens (tertiary/aromatic N) is 2. The Hall–Kier alpha value is -3.12. The largest absolute Gasteiger partial charge is 0.491 e. The van der Waals surface area contributed by atoms with Crippen LogP contribution in [-0.4, -0.2) is 22.0 Å². The SMILES string of the molecule is CC(C)Oc1ccc(Nc2nccc(C(=O)Nc3cccc(Cl)c3)n2)cc1. The maximum Gasteiger partial charge on any atom is 0.274 e. The number of benzene rings is 2. The molecule has 3 aromatic rings. The summed E-state index contributed by atoms with van der Waals surface area (Å²) in [5.74, 6) is 0.765. The molecule has 27 heavy (non-hydrogen) atoms. The van der Waals surface area contributed by atoms with E-state index in [4.69, 9.17) is 16.3 Å². The highest BCUT2D eigenvalue weighted by Crippen LogP contribution is 2.19. The molecule has 2 aromatic carbocycles. The molecule has 0 saturated heterocycles. The monoisotopic (exact) mass is 382 g/mol. The molecule has 0 radical (unpaired) electrons. The summed E-state index contributed by atoms with van der Waals surface area (Å²) in [7, 11) is 0. The number of rotatable bonds is 6. The van der Waals surface area contributed by atoms with Crippen molar-refractivity contribution in [3.05, 3.63) is 71.5 Å². The molecule has 1 heterocycles. The molecule has 0 aliphatic rings. The maximum atomic E-state index is 12.4. The van der Waals surface area contributed by atoms with Crippen molar-refractivity contribution in [1.29, 1.82) is 0 Å². The lowest BCUT2D eigenvalue weighted by Gasteiger charge is -2.11. The molecule has 0 spiro atoms. The third kappa shape index (κ3) is 5.43. The molecular formula is C20H19ClN4O2. The van der Waals surface area contributed by atoms with E-state index < -0.39 is 0 Å². The van der Waals surface area contributed by atoms with Gasteiger partial charge in [0.2, 0.25) is 5.95 Å². The van der Waals surface area contributed by atoms with Crippen LogP contribution in [0, 0.1) is 0 Å². The first-order valence-electron chi connectivity index (χ1n) is 8.43. The average molecular weight is 383 g/mol. The van der Waals surface area contributed by atoms with E-state index in [0.717, 1.165) is 11.4 Å². The minimum absolute atomic E-state index is 0.113. The molecule has 7 heteroatoms. The van der Waals surface area contributed by atoms with Gasteiger partial charge in [-0.05, 0) is 62.4 Å². The second-order valence-corrected chi connectivity index (χ2v) is 6.48. The van der Waals surface area contributed by atoms with Crippen molar-refractivity contribution in [3.8, 4) is 5.75 Å². The molecule has 1 amide bonds. The van der Waals surface area contributed by atoms with Gasteiger partial charge in [-0.15, -0.1) is 0 Å². The Balaban J connectivity index is 1.68. The van der Waals surface area contributed by atoms with Gasteiger partial charge in [0.1, 0.15) is 11.4 Å². The van der Waals surface area contributed by atoms with Gasteiger partial charge in [-0.3, -0.25) is 4.79 Å². The summed E-state index contributed by atoms with van der Waals surface area (Å²) < 4.78 is 5.61. The fraction of sp³-hybridized carbons (Fsp3) is 0.150. The number of ether oxygens (including phenoxy) is 1. The fourth-order valence-electron chi connectivity index (χ4n) is 2.32. The highest BCUT2D eigenvalue weighted by Gasteiger charge is 2.10. The zero-order valence-corrected chi connectivity index (χ0v) is 15.7. The lowest BCUT2D eigenvalue weighted by molar-refractivity contribution is 0.102. The lowest BCUT2D eigenvalue weighted by Crippen LogP contribution is -2.14. The second-order valence-electron chi connectivity index (χ2n) is 6.05. The van der Waals surface area contributed by atoms with Gasteiger partial charge in [0.05, 0.1) is 6.10 Å². The number of halogens is 1. The number of hydrogen-bond acceptors (Lipinski definition) is 5. The van der Waals surface area contributed by atoms with Crippen LogP contribution in [0.1, 0.15) is 24.3 Å². The van der Waals surface area contributed by atoms with Gasteiger partial charge in [0, 0.05) is 22.6 Å². The summed E-state index contributed by atoms with van der Waals surface area (Å²) in [4.78, 5) is 20.8. The van der Waals surface area contributed by atoms with Crippen LogP contribution in [0.15, 0.2) is 60.8 Å². The molecule has 0 aliphatic carbocycles. The Bertz CT molecular complexity index is 929. The summed E-state index contributed by atoms with van der Waals surface area (Å²) in [5.41, 5.74) is 1.63. The van der Waals surface area contributed by atoms with E-state index in [9.17, 15) is 4.79 Å². The predicted octanol–water partition coefficient (Wildman–Crippen LogP) is 4.91. The summed E-state index contributed by atoms with van der Waals surface area (Å²) in [6.45, 7) is 3.94. The molecule has 0 aliphatic heterocycles. The zero-order chi connectivity index (χ0) is 19.2. The van der Waals surface area contributed by atoms with E-state index in [0.29, 0.717) is 16.7 Å². The minimum Gasteiger partial charge on any atom is -0.491 e. The number of aromatic nitrogens is 2. The number of anilines is 3. The Morgan fingerprint density at radius 2 is 1.85 bits per heavy atom. The molecule has 0 unspecified atom stereocenters. The second kappa shape index (κ2) is 8.51. The molecule has 0 bridgehead atoms. The standard InChI is InChI=1S/C20H19ClN4O2/c1-13(2)27-17-8-6-15(7-9-17)24-20-22-11-10-18(25-20)19(26)23-16-5-3-4-14(21)12-16/h3-13H,1-2H3,(H,23,26)(H,22,24,25). The quantitative estimate of drug-likeness (QED) is 0.633. The van der Waals surface area contributed by atoms with Gasteiger partial charge in [-0.2, -0.15) is 0 Å². The Morgan fingerprint density at radius 3 is 2.56 bits per heavy atom. The first-order chi connectivity index (χ1) is 13.0. The first-order valence-corrected chi connectivity index (χ1v) is 8.81. The lowest BCUT2D eigenvalue weighted by atomic mass is 10.3. The van der Waals surface area contributed by atoms with E-state index in [1.165, 1.54) is 6.20 Å². The van der Waals surface area contributed by atoms with E-state index in [2.05, 4.69) is 20.6 Å². The average Bonchev–Trinajstić information content (AvgIpc) is 2.63. The van der Waals surface area contributed by atoms with Gasteiger partial charge in [0.15, 0.2) is 0 Å². The Morgan fingerprint density at radius 1 is 1.07 bits per heavy atom. The molecular weight excluding hydrogens is 364 g/mol. The van der Waals surface area contributed by atoms with E-state index in [1.54, 1.807) is 30.3 Å². The number of carbonyl (C=O) groups is 1. The molecule has 3 rings (SSSR count). The van der Waals surface area contributed by atoms with Crippen LogP contribution in [0.4, 0.5) is 17.3 Å². The van der Waals surface area contributed by atoms with Gasteiger partial charge < -0.3 is 15.4 Å². The maximum absolute atomic E-state index is 12.4. The van der Waals surface area contributed by atoms with Crippen LogP contribution < -0.4 is 15.4 Å². The van der Waals surface area contributed by atoms with Crippen molar-refractivity contribution in [2.24, 2.45) is 0 Å². The van der Waals surface area contributed by atoms with Gasteiger partial charge in [-0.1, -0.05) is 17.7 Å². The van der Waals surface area contributed by atoms with E-state index >= 15 is 0 Å². The van der Waals surface area contributed by atoms with Crippen molar-refractivity contribution >= 4 is 34.8 Å². The summed E-state index contributed by atoms with van der Waals surface area (Å²) in [6, 6.07) is 15.9. The van der Waals surface area contributed by atoms with Crippen molar-refractivity contribution in [2.45, 2.75) is 20.0 Å². The summed E-state index contributed by atoms with van der Waals surface area (Å²) in [5, 5.41) is 6.38. The topological polar surface area (TPSA) is 76.1 Å². The molecule has 0 saturated carbocycles. The van der Waals surface area contributed by atoms with Crippen molar-refractivity contribution in [3.63, 3.8) is 0 Å². The Kier molecular flexibility index (Phi) is 5.88. The molecule has 0 atom stereocenters. The van der Waals surface area contributed by atoms with Crippen LogP contribution >= 0.6 is 11.6 Å². The number of carbonyl (C=O) groups excluding carboxylic acids is 1. The fourth-order valence-corrected chi connectivity index (χ4v) is 2.52. The smallest absolute Gasteiger partial charge is 0.274 e. The third-order valence-electron chi connectivity index (χ3n) is 3.45. The molecule has 138 valence electrons. The molecule has 2 N–H and O–H groups in total. The van der Waals surface area contributed by atoms with Crippen LogP contribution in [0.2, 0.25) is 5.02 Å². The molecule has 6 nitrogen and oxygen atoms in total. The summed E-state index contributed by atoms with van der Waals surface area (Å²) >= 11 is 5.93. The molecule has 0 fully saturated rings. The van der Waals surface area contributed by atoms with Gasteiger partial charge in [-0.25, -0.2) is 9.97 Å². The van der Waals surface area contributed by atoms with Crippen molar-refractivity contribution < 1.29 is 9.53 Å². The normalized spacial score (nSPS) is 10.5. The van der Waals surface area contributed by atoms with Crippen LogP contribution in [0.25, 0.3) is 0 Å². The van der Waals surface area contributed by atoms with Crippen LogP contribution in [-0.2, 0) is 0 Å². The van der Waals surface area contributed by atoms with Gasteiger partial charge >= 0.3 is 0 Å². The highest BCUT2D eigenvalue weighted by atomic mass is 35.5. The van der Waals surface area contributed by atoms with Crippen LogP contribution in [0.5, 0.6) is 5.75 Å². The van der Waals surface area contributed by atoms with Crippen LogP contribution in [0.3, 0.4) is 0 Å². The Labute approximate surface area is 162 Å². The van der Waals surface area contributed by atoms with Crippen molar-refractivity contribution in [2.75, 3.05) is 10.6 Å². The zero-order valence-electron chi connectivity index (χ0n) is 14.9. The highest BCUT2D eigenvalue weighted by molar-refractivity contribution is 6.30. The number of nitrogens with one attached hydrogen (secondary N) is 2. The number of hydrogen-bond donors (Lipinski definition) is 2. The van der Waals surface area contributed by atoms with Gasteiger partial charge in [0.25, 0.3) is 5.91 Å². The minimum atomic E-state index is -0.344. The van der Waals surface area contributed by atoms with E-state index in [-0.39, 0.29) is 17.7 Å².